The van der Waals surface area contributed by atoms with Gasteiger partial charge in [-0.3, -0.25) is 4.90 Å². The van der Waals surface area contributed by atoms with Gasteiger partial charge in [-0.2, -0.15) is 0 Å². The largest absolute Gasteiger partial charge is 0.362 e. The van der Waals surface area contributed by atoms with E-state index < -0.39 is 0 Å². The molecule has 3 rings (SSSR count). The van der Waals surface area contributed by atoms with E-state index in [9.17, 15) is 0 Å². The number of thiocarbonyl (C=S) groups is 1. The number of nitrogens with one attached hydrogen (secondary N) is 2. The molecule has 0 aromatic heterocycles. The van der Waals surface area contributed by atoms with Crippen LogP contribution in [0.25, 0.3) is 0 Å². The Kier molecular flexibility index (Phi) is 6.28. The molecular formula is C22H29N3S. The molecule has 2 N–H and O–H groups in total. The number of nitrogens with zero attached hydrogens (tertiary/aromatic N) is 1. The summed E-state index contributed by atoms with van der Waals surface area (Å²) in [5.41, 5.74) is 4.95. The molecule has 0 amide bonds. The van der Waals surface area contributed by atoms with Crippen molar-refractivity contribution < 1.29 is 0 Å². The van der Waals surface area contributed by atoms with E-state index in [0.717, 1.165) is 25.3 Å². The highest BCUT2D eigenvalue weighted by Crippen LogP contribution is 2.26. The molecule has 1 fully saturated rings. The van der Waals surface area contributed by atoms with E-state index in [1.165, 1.54) is 23.1 Å². The lowest BCUT2D eigenvalue weighted by Crippen LogP contribution is -2.34. The molecule has 3 nitrogen and oxygen atoms in total. The van der Waals surface area contributed by atoms with E-state index in [4.69, 9.17) is 12.2 Å². The molecule has 1 aliphatic heterocycles. The van der Waals surface area contributed by atoms with Crippen molar-refractivity contribution >= 4 is 23.0 Å². The van der Waals surface area contributed by atoms with Crippen LogP contribution >= 0.6 is 12.2 Å². The van der Waals surface area contributed by atoms with Crippen molar-refractivity contribution in [2.75, 3.05) is 25.0 Å². The zero-order valence-electron chi connectivity index (χ0n) is 16.0. The first-order valence-corrected chi connectivity index (χ1v) is 9.84. The van der Waals surface area contributed by atoms with Gasteiger partial charge in [-0.15, -0.1) is 0 Å². The first-order chi connectivity index (χ1) is 12.5. The fourth-order valence-electron chi connectivity index (χ4n) is 3.78. The third-order valence-corrected chi connectivity index (χ3v) is 5.42. The maximum atomic E-state index is 5.48. The number of hydrogen-bond acceptors (Lipinski definition) is 2. The zero-order chi connectivity index (χ0) is 18.5. The molecule has 2 atom stereocenters. The third-order valence-electron chi connectivity index (χ3n) is 5.18. The van der Waals surface area contributed by atoms with Gasteiger partial charge in [-0.25, -0.2) is 0 Å². The summed E-state index contributed by atoms with van der Waals surface area (Å²) in [4.78, 5) is 2.57. The summed E-state index contributed by atoms with van der Waals surface area (Å²) in [7, 11) is 0. The van der Waals surface area contributed by atoms with Crippen molar-refractivity contribution in [1.82, 2.24) is 10.2 Å². The predicted molar refractivity (Wildman–Crippen MR) is 115 cm³/mol. The second-order valence-electron chi connectivity index (χ2n) is 7.45. The quantitative estimate of drug-likeness (QED) is 0.751. The average molecular weight is 368 g/mol. The van der Waals surface area contributed by atoms with Crippen molar-refractivity contribution in [2.45, 2.75) is 33.2 Å². The lowest BCUT2D eigenvalue weighted by molar-refractivity contribution is 0.253. The van der Waals surface area contributed by atoms with Crippen LogP contribution in [0.4, 0.5) is 5.69 Å². The minimum Gasteiger partial charge on any atom is -0.362 e. The smallest absolute Gasteiger partial charge is 0.170 e. The molecule has 0 radical (unpaired) electrons. The molecule has 1 heterocycles. The summed E-state index contributed by atoms with van der Waals surface area (Å²) in [6.07, 6.45) is 1.22. The highest BCUT2D eigenvalue weighted by molar-refractivity contribution is 7.80. The molecular weight excluding hydrogens is 338 g/mol. The van der Waals surface area contributed by atoms with Crippen LogP contribution in [-0.2, 0) is 0 Å². The minimum atomic E-state index is 0.474. The molecule has 0 spiro atoms. The van der Waals surface area contributed by atoms with Gasteiger partial charge >= 0.3 is 0 Å². The lowest BCUT2D eigenvalue weighted by atomic mass is 10.1. The van der Waals surface area contributed by atoms with Crippen molar-refractivity contribution in [2.24, 2.45) is 5.92 Å². The van der Waals surface area contributed by atoms with Crippen LogP contribution in [0.5, 0.6) is 0 Å². The van der Waals surface area contributed by atoms with Crippen molar-refractivity contribution in [3.63, 3.8) is 0 Å². The van der Waals surface area contributed by atoms with Gasteiger partial charge in [0.25, 0.3) is 0 Å². The van der Waals surface area contributed by atoms with E-state index in [1.807, 2.05) is 0 Å². The molecule has 26 heavy (non-hydrogen) atoms. The fraction of sp³-hybridized carbons (Fsp3) is 0.409. The SMILES string of the molecule is Cc1cc(C)cc(NC(=S)NC[C@@H]2CCN([C@H](C)c3ccccc3)C2)c1. The van der Waals surface area contributed by atoms with E-state index in [0.29, 0.717) is 17.1 Å². The van der Waals surface area contributed by atoms with Crippen LogP contribution < -0.4 is 10.6 Å². The first-order valence-electron chi connectivity index (χ1n) is 9.43. The Labute approximate surface area is 162 Å². The molecule has 138 valence electrons. The summed E-state index contributed by atoms with van der Waals surface area (Å²) in [5.74, 6) is 0.639. The summed E-state index contributed by atoms with van der Waals surface area (Å²) >= 11 is 5.48. The van der Waals surface area contributed by atoms with Crippen LogP contribution in [-0.4, -0.2) is 29.6 Å². The molecule has 1 aliphatic rings. The number of rotatable bonds is 5. The maximum Gasteiger partial charge on any atom is 0.170 e. The Bertz CT molecular complexity index is 724. The summed E-state index contributed by atoms with van der Waals surface area (Å²) < 4.78 is 0. The third kappa shape index (κ3) is 5.05. The molecule has 0 bridgehead atoms. The standard InChI is InChI=1S/C22H29N3S/c1-16-11-17(2)13-21(12-16)24-22(26)23-14-19-9-10-25(15-19)18(3)20-7-5-4-6-8-20/h4-8,11-13,18-19H,9-10,14-15H2,1-3H3,(H2,23,24,26)/t18-,19+/m1/s1. The van der Waals surface area contributed by atoms with Gasteiger partial charge in [0.05, 0.1) is 0 Å². The zero-order valence-corrected chi connectivity index (χ0v) is 16.8. The van der Waals surface area contributed by atoms with Crippen LogP contribution in [0, 0.1) is 19.8 Å². The first kappa shape index (κ1) is 18.9. The Morgan fingerprint density at radius 1 is 1.15 bits per heavy atom. The van der Waals surface area contributed by atoms with Gasteiger partial charge in [-0.05, 0) is 80.7 Å². The van der Waals surface area contributed by atoms with Gasteiger partial charge in [0.15, 0.2) is 5.11 Å². The van der Waals surface area contributed by atoms with Crippen molar-refractivity contribution in [1.29, 1.82) is 0 Å². The Hall–Kier alpha value is -1.91. The molecule has 2 aromatic carbocycles. The van der Waals surface area contributed by atoms with Gasteiger partial charge < -0.3 is 10.6 Å². The van der Waals surface area contributed by atoms with Crippen molar-refractivity contribution in [3.05, 3.63) is 65.2 Å². The number of hydrogen-bond donors (Lipinski definition) is 2. The summed E-state index contributed by atoms with van der Waals surface area (Å²) in [6, 6.07) is 17.7. The topological polar surface area (TPSA) is 27.3 Å². The van der Waals surface area contributed by atoms with E-state index >= 15 is 0 Å². The minimum absolute atomic E-state index is 0.474. The predicted octanol–water partition coefficient (Wildman–Crippen LogP) is 4.67. The molecule has 4 heteroatoms. The van der Waals surface area contributed by atoms with Gasteiger partial charge in [-0.1, -0.05) is 36.4 Å². The second-order valence-corrected chi connectivity index (χ2v) is 7.86. The maximum absolute atomic E-state index is 5.48. The number of anilines is 1. The summed E-state index contributed by atoms with van der Waals surface area (Å²) in [6.45, 7) is 9.71. The van der Waals surface area contributed by atoms with Gasteiger partial charge in [0.2, 0.25) is 0 Å². The monoisotopic (exact) mass is 367 g/mol. The number of benzene rings is 2. The van der Waals surface area contributed by atoms with Crippen LogP contribution in [0.15, 0.2) is 48.5 Å². The van der Waals surface area contributed by atoms with Crippen LogP contribution in [0.2, 0.25) is 0 Å². The second kappa shape index (κ2) is 8.65. The highest BCUT2D eigenvalue weighted by atomic mass is 32.1. The number of aryl methyl sites for hydroxylation is 2. The van der Waals surface area contributed by atoms with Crippen LogP contribution in [0.3, 0.4) is 0 Å². The van der Waals surface area contributed by atoms with E-state index in [-0.39, 0.29) is 0 Å². The Balaban J connectivity index is 1.46. The van der Waals surface area contributed by atoms with Crippen LogP contribution in [0.1, 0.15) is 36.1 Å². The molecule has 0 unspecified atom stereocenters. The molecule has 2 aromatic rings. The van der Waals surface area contributed by atoms with Gasteiger partial charge in [0, 0.05) is 24.8 Å². The molecule has 1 saturated heterocycles. The van der Waals surface area contributed by atoms with E-state index in [2.05, 4.69) is 84.8 Å². The highest BCUT2D eigenvalue weighted by Gasteiger charge is 2.26. The molecule has 0 saturated carbocycles. The number of likely N-dealkylation sites (tertiary alicyclic amines) is 1. The molecule has 0 aliphatic carbocycles. The Morgan fingerprint density at radius 3 is 2.54 bits per heavy atom. The van der Waals surface area contributed by atoms with Gasteiger partial charge in [0.1, 0.15) is 0 Å². The normalized spacial score (nSPS) is 18.5. The summed E-state index contributed by atoms with van der Waals surface area (Å²) in [5, 5.41) is 7.43. The Morgan fingerprint density at radius 2 is 1.85 bits per heavy atom. The van der Waals surface area contributed by atoms with E-state index in [1.54, 1.807) is 0 Å². The average Bonchev–Trinajstić information content (AvgIpc) is 3.08. The fourth-order valence-corrected chi connectivity index (χ4v) is 3.98. The lowest BCUT2D eigenvalue weighted by Gasteiger charge is -2.25. The van der Waals surface area contributed by atoms with Crippen molar-refractivity contribution in [3.8, 4) is 0 Å².